The Bertz CT molecular complexity index is 450. The summed E-state index contributed by atoms with van der Waals surface area (Å²) in [5, 5.41) is 3.70. The summed E-state index contributed by atoms with van der Waals surface area (Å²) < 4.78 is 28.8. The minimum absolute atomic E-state index is 0.168. The molecule has 98 valence electrons. The summed E-state index contributed by atoms with van der Waals surface area (Å²) in [5.74, 6) is -0.112. The summed E-state index contributed by atoms with van der Waals surface area (Å²) in [6.07, 6.45) is 1.44. The summed E-state index contributed by atoms with van der Waals surface area (Å²) in [6.45, 7) is 1.83. The predicted octanol–water partition coefficient (Wildman–Crippen LogP) is 2.37. The highest BCUT2D eigenvalue weighted by Crippen LogP contribution is 2.25. The summed E-state index contributed by atoms with van der Waals surface area (Å²) in [5.41, 5.74) is 4.12. The minimum atomic E-state index is -2.85. The Kier molecular flexibility index (Phi) is 4.76. The maximum atomic E-state index is 12.2. The molecule has 0 aliphatic heterocycles. The third-order valence-corrected chi connectivity index (χ3v) is 2.13. The number of aryl methyl sites for hydroxylation is 2. The van der Waals surface area contributed by atoms with E-state index in [1.165, 1.54) is 13.1 Å². The molecule has 0 bridgehead atoms. The monoisotopic (exact) mass is 256 g/mol. The van der Waals surface area contributed by atoms with Crippen molar-refractivity contribution in [1.82, 2.24) is 5.43 Å². The summed E-state index contributed by atoms with van der Waals surface area (Å²) >= 11 is 0. The van der Waals surface area contributed by atoms with Crippen LogP contribution < -0.4 is 10.2 Å². The molecular weight excluding hydrogens is 242 g/mol. The summed E-state index contributed by atoms with van der Waals surface area (Å²) in [6, 6.07) is 3.30. The number of ether oxygens (including phenoxy) is 1. The lowest BCUT2D eigenvalue weighted by Gasteiger charge is -2.11. The second-order valence-electron chi connectivity index (χ2n) is 3.79. The average Bonchev–Trinajstić information content (AvgIpc) is 2.22. The molecular formula is C12H14F2N2O2. The Balaban J connectivity index is 2.92. The molecule has 0 unspecified atom stereocenters. The lowest BCUT2D eigenvalue weighted by molar-refractivity contribution is -0.118. The first kappa shape index (κ1) is 14.1. The van der Waals surface area contributed by atoms with Crippen LogP contribution in [0.15, 0.2) is 17.2 Å². The van der Waals surface area contributed by atoms with Crippen molar-refractivity contribution in [3.8, 4) is 5.75 Å². The molecule has 0 heterocycles. The molecule has 1 aromatic carbocycles. The van der Waals surface area contributed by atoms with Crippen molar-refractivity contribution in [2.24, 2.45) is 5.10 Å². The molecule has 0 aliphatic carbocycles. The van der Waals surface area contributed by atoms with Crippen molar-refractivity contribution >= 4 is 12.1 Å². The molecule has 1 aromatic rings. The minimum Gasteiger partial charge on any atom is -0.434 e. The average molecular weight is 256 g/mol. The second kappa shape index (κ2) is 6.09. The number of hydrazone groups is 1. The van der Waals surface area contributed by atoms with Crippen molar-refractivity contribution in [2.75, 3.05) is 0 Å². The fourth-order valence-electron chi connectivity index (χ4n) is 1.53. The highest BCUT2D eigenvalue weighted by atomic mass is 19.3. The number of rotatable bonds is 4. The van der Waals surface area contributed by atoms with Crippen molar-refractivity contribution in [3.63, 3.8) is 0 Å². The van der Waals surface area contributed by atoms with Gasteiger partial charge in [-0.15, -0.1) is 0 Å². The van der Waals surface area contributed by atoms with Gasteiger partial charge in [0.05, 0.1) is 6.21 Å². The van der Waals surface area contributed by atoms with Crippen molar-refractivity contribution in [2.45, 2.75) is 27.4 Å². The van der Waals surface area contributed by atoms with E-state index in [0.29, 0.717) is 16.7 Å². The van der Waals surface area contributed by atoms with E-state index in [9.17, 15) is 13.6 Å². The quantitative estimate of drug-likeness (QED) is 0.664. The van der Waals surface area contributed by atoms with Crippen molar-refractivity contribution in [3.05, 3.63) is 28.8 Å². The number of hydrogen-bond acceptors (Lipinski definition) is 3. The summed E-state index contributed by atoms with van der Waals surface area (Å²) in [7, 11) is 0. The molecule has 0 aliphatic rings. The normalized spacial score (nSPS) is 11.0. The third kappa shape index (κ3) is 4.12. The van der Waals surface area contributed by atoms with Gasteiger partial charge in [-0.2, -0.15) is 13.9 Å². The fraction of sp³-hybridized carbons (Fsp3) is 0.333. The first-order valence-electron chi connectivity index (χ1n) is 5.26. The molecule has 0 spiro atoms. The Labute approximate surface area is 104 Å². The van der Waals surface area contributed by atoms with Gasteiger partial charge in [-0.1, -0.05) is 0 Å². The first-order valence-corrected chi connectivity index (χ1v) is 5.26. The predicted molar refractivity (Wildman–Crippen MR) is 64.0 cm³/mol. The molecule has 1 N–H and O–H groups in total. The maximum Gasteiger partial charge on any atom is 0.387 e. The molecule has 0 radical (unpaired) electrons. The Morgan fingerprint density at radius 3 is 2.39 bits per heavy atom. The van der Waals surface area contributed by atoms with E-state index in [1.54, 1.807) is 26.0 Å². The smallest absolute Gasteiger partial charge is 0.387 e. The largest absolute Gasteiger partial charge is 0.434 e. The van der Waals surface area contributed by atoms with Crippen LogP contribution in [0.2, 0.25) is 0 Å². The van der Waals surface area contributed by atoms with Gasteiger partial charge < -0.3 is 4.74 Å². The van der Waals surface area contributed by atoms with Crippen LogP contribution in [0.3, 0.4) is 0 Å². The van der Waals surface area contributed by atoms with E-state index >= 15 is 0 Å². The van der Waals surface area contributed by atoms with Crippen LogP contribution in [0.4, 0.5) is 8.78 Å². The molecule has 4 nitrogen and oxygen atoms in total. The van der Waals surface area contributed by atoms with Gasteiger partial charge >= 0.3 is 6.61 Å². The molecule has 0 saturated heterocycles. The lowest BCUT2D eigenvalue weighted by Crippen LogP contribution is -2.12. The van der Waals surface area contributed by atoms with Gasteiger partial charge in [-0.25, -0.2) is 5.43 Å². The number of nitrogens with one attached hydrogen (secondary N) is 1. The van der Waals surface area contributed by atoms with Crippen LogP contribution in [-0.4, -0.2) is 18.7 Å². The number of benzene rings is 1. The first-order chi connectivity index (χ1) is 8.40. The number of halogens is 2. The molecule has 1 amide bonds. The van der Waals surface area contributed by atoms with Gasteiger partial charge in [-0.3, -0.25) is 4.79 Å². The SMILES string of the molecule is CC(=O)N/N=C\c1cc(C)c(OC(F)F)c(C)c1. The molecule has 1 rings (SSSR count). The van der Waals surface area contributed by atoms with Crippen LogP contribution in [0.25, 0.3) is 0 Å². The second-order valence-corrected chi connectivity index (χ2v) is 3.79. The highest BCUT2D eigenvalue weighted by Gasteiger charge is 2.10. The van der Waals surface area contributed by atoms with E-state index in [1.807, 2.05) is 0 Å². The number of nitrogens with zero attached hydrogens (tertiary/aromatic N) is 1. The zero-order valence-electron chi connectivity index (χ0n) is 10.3. The van der Waals surface area contributed by atoms with Gasteiger partial charge in [0, 0.05) is 6.92 Å². The van der Waals surface area contributed by atoms with E-state index in [0.717, 1.165) is 0 Å². The van der Waals surface area contributed by atoms with Gasteiger partial charge in [0.2, 0.25) is 5.91 Å². The van der Waals surface area contributed by atoms with Gasteiger partial charge in [-0.05, 0) is 42.7 Å². The lowest BCUT2D eigenvalue weighted by atomic mass is 10.1. The van der Waals surface area contributed by atoms with Crippen LogP contribution in [0.1, 0.15) is 23.6 Å². The van der Waals surface area contributed by atoms with Gasteiger partial charge in [0.15, 0.2) is 0 Å². The van der Waals surface area contributed by atoms with Gasteiger partial charge in [0.25, 0.3) is 0 Å². The number of hydrogen-bond donors (Lipinski definition) is 1. The van der Waals surface area contributed by atoms with Crippen LogP contribution >= 0.6 is 0 Å². The molecule has 0 saturated carbocycles. The number of alkyl halides is 2. The number of amides is 1. The van der Waals surface area contributed by atoms with Crippen LogP contribution in [-0.2, 0) is 4.79 Å². The maximum absolute atomic E-state index is 12.2. The third-order valence-electron chi connectivity index (χ3n) is 2.13. The standard InChI is InChI=1S/C12H14F2N2O2/c1-7-4-10(6-15-16-9(3)17)5-8(2)11(7)18-12(13)14/h4-6,12H,1-3H3,(H,16,17)/b15-6-. The zero-order valence-corrected chi connectivity index (χ0v) is 10.3. The molecule has 0 atom stereocenters. The number of carbonyl (C=O) groups excluding carboxylic acids is 1. The Morgan fingerprint density at radius 1 is 1.39 bits per heavy atom. The van der Waals surface area contributed by atoms with Crippen LogP contribution in [0.5, 0.6) is 5.75 Å². The van der Waals surface area contributed by atoms with E-state index in [2.05, 4.69) is 15.3 Å². The topological polar surface area (TPSA) is 50.7 Å². The number of carbonyl (C=O) groups is 1. The Morgan fingerprint density at radius 2 is 1.94 bits per heavy atom. The summed E-state index contributed by atoms with van der Waals surface area (Å²) in [4.78, 5) is 10.6. The van der Waals surface area contributed by atoms with Crippen molar-refractivity contribution in [1.29, 1.82) is 0 Å². The molecule has 0 aromatic heterocycles. The van der Waals surface area contributed by atoms with E-state index in [4.69, 9.17) is 0 Å². The van der Waals surface area contributed by atoms with E-state index in [-0.39, 0.29) is 11.7 Å². The van der Waals surface area contributed by atoms with Gasteiger partial charge in [0.1, 0.15) is 5.75 Å². The van der Waals surface area contributed by atoms with Crippen molar-refractivity contribution < 1.29 is 18.3 Å². The zero-order chi connectivity index (χ0) is 13.7. The Hall–Kier alpha value is -1.98. The van der Waals surface area contributed by atoms with Crippen LogP contribution in [0, 0.1) is 13.8 Å². The molecule has 0 fully saturated rings. The highest BCUT2D eigenvalue weighted by molar-refractivity contribution is 5.82. The fourth-order valence-corrected chi connectivity index (χ4v) is 1.53. The molecule has 6 heteroatoms. The molecule has 18 heavy (non-hydrogen) atoms. The van der Waals surface area contributed by atoms with E-state index < -0.39 is 6.61 Å².